The van der Waals surface area contributed by atoms with Crippen molar-refractivity contribution < 1.29 is 0 Å². The maximum Gasteiger partial charge on any atom is 0.0537 e. The van der Waals surface area contributed by atoms with Gasteiger partial charge in [-0.2, -0.15) is 0 Å². The molecule has 4 rings (SSSR count). The zero-order chi connectivity index (χ0) is 29.2. The molecule has 3 aromatic rings. The Hall–Kier alpha value is -4.30. The van der Waals surface area contributed by atoms with Crippen LogP contribution < -0.4 is 9.80 Å². The molecule has 0 bridgehead atoms. The van der Waals surface area contributed by atoms with Gasteiger partial charge >= 0.3 is 0 Å². The molecule has 210 valence electrons. The topological polar surface area (TPSA) is 6.48 Å². The van der Waals surface area contributed by atoms with Crippen LogP contribution in [0.4, 0.5) is 11.4 Å². The molecule has 1 aliphatic carbocycles. The highest BCUT2D eigenvalue weighted by molar-refractivity contribution is 5.94. The number of aryl methyl sites for hydroxylation is 1. The zero-order valence-electron chi connectivity index (χ0n) is 24.9. The van der Waals surface area contributed by atoms with Gasteiger partial charge in [0.15, 0.2) is 0 Å². The maximum atomic E-state index is 4.24. The lowest BCUT2D eigenvalue weighted by atomic mass is 9.87. The van der Waals surface area contributed by atoms with Crippen molar-refractivity contribution in [3.8, 4) is 0 Å². The molecule has 0 saturated carbocycles. The summed E-state index contributed by atoms with van der Waals surface area (Å²) in [4.78, 5) is 4.86. The van der Waals surface area contributed by atoms with Crippen LogP contribution in [0.1, 0.15) is 18.9 Å². The summed E-state index contributed by atoms with van der Waals surface area (Å²) in [5.74, 6) is 0.622. The van der Waals surface area contributed by atoms with Gasteiger partial charge in [0.1, 0.15) is 0 Å². The fraction of sp³-hybridized carbons (Fsp3) is 0.231. The Morgan fingerprint density at radius 2 is 1.71 bits per heavy atom. The first-order valence-electron chi connectivity index (χ1n) is 14.6. The fourth-order valence-corrected chi connectivity index (χ4v) is 5.55. The summed E-state index contributed by atoms with van der Waals surface area (Å²) in [6.07, 6.45) is 20.4. The lowest BCUT2D eigenvalue weighted by Gasteiger charge is -2.39. The first-order valence-corrected chi connectivity index (χ1v) is 14.6. The molecule has 3 unspecified atom stereocenters. The van der Waals surface area contributed by atoms with Crippen molar-refractivity contribution in [1.29, 1.82) is 0 Å². The van der Waals surface area contributed by atoms with E-state index in [1.807, 2.05) is 18.2 Å². The van der Waals surface area contributed by atoms with Gasteiger partial charge in [0, 0.05) is 36.9 Å². The summed E-state index contributed by atoms with van der Waals surface area (Å²) in [5.41, 5.74) is 6.08. The number of hydrogen-bond acceptors (Lipinski definition) is 2. The zero-order valence-corrected chi connectivity index (χ0v) is 24.9. The number of rotatable bonds is 13. The van der Waals surface area contributed by atoms with Crippen LogP contribution in [0, 0.1) is 18.8 Å². The van der Waals surface area contributed by atoms with E-state index in [1.165, 1.54) is 33.3 Å². The highest BCUT2D eigenvalue weighted by Gasteiger charge is 2.27. The molecule has 1 aliphatic rings. The number of likely N-dealkylation sites (N-methyl/N-ethyl adjacent to an activating group) is 1. The van der Waals surface area contributed by atoms with Crippen LogP contribution >= 0.6 is 0 Å². The number of fused-ring (bicyclic) bond motifs is 1. The Morgan fingerprint density at radius 1 is 0.951 bits per heavy atom. The Bertz CT molecular complexity index is 1460. The predicted octanol–water partition coefficient (Wildman–Crippen LogP) is 9.64. The van der Waals surface area contributed by atoms with E-state index in [0.717, 1.165) is 25.1 Å². The Balaban J connectivity index is 1.56. The molecule has 0 N–H and O–H groups in total. The molecule has 2 heteroatoms. The van der Waals surface area contributed by atoms with Gasteiger partial charge in [0.2, 0.25) is 0 Å². The minimum atomic E-state index is 0.221. The molecule has 0 fully saturated rings. The van der Waals surface area contributed by atoms with Gasteiger partial charge in [-0.25, -0.2) is 0 Å². The van der Waals surface area contributed by atoms with Gasteiger partial charge in [0.05, 0.1) is 6.04 Å². The quantitative estimate of drug-likeness (QED) is 0.157. The first-order chi connectivity index (χ1) is 19.9. The van der Waals surface area contributed by atoms with E-state index in [4.69, 9.17) is 0 Å². The number of allylic oxidation sites excluding steroid dienone is 7. The second kappa shape index (κ2) is 14.4. The lowest BCUT2D eigenvalue weighted by molar-refractivity contribution is 0.519. The molecule has 3 atom stereocenters. The van der Waals surface area contributed by atoms with Crippen LogP contribution in [0.25, 0.3) is 10.8 Å². The molecule has 2 nitrogen and oxygen atoms in total. The number of anilines is 2. The van der Waals surface area contributed by atoms with E-state index >= 15 is 0 Å². The predicted molar refractivity (Wildman–Crippen MR) is 182 cm³/mol. The second-order valence-corrected chi connectivity index (χ2v) is 11.0. The number of nitrogens with zero attached hydrogens (tertiary/aromatic N) is 2. The monoisotopic (exact) mass is 540 g/mol. The Labute approximate surface area is 247 Å². The third-order valence-electron chi connectivity index (χ3n) is 7.96. The van der Waals surface area contributed by atoms with E-state index in [-0.39, 0.29) is 6.04 Å². The van der Waals surface area contributed by atoms with E-state index in [2.05, 4.69) is 154 Å². The SMILES string of the molecule is C=C/C=C(\C=C)C1=CC(C)C(N(CC(C=C)C/C=C\CN(C)c2ccc(C)cc2)c2cccc3ccccc23)C=C1. The van der Waals surface area contributed by atoms with E-state index in [9.17, 15) is 0 Å². The van der Waals surface area contributed by atoms with Gasteiger partial charge in [0.25, 0.3) is 0 Å². The van der Waals surface area contributed by atoms with E-state index < -0.39 is 0 Å². The van der Waals surface area contributed by atoms with Crippen molar-refractivity contribution in [2.24, 2.45) is 11.8 Å². The standard InChI is InChI=1S/C39H44N2/c1-7-15-33(9-3)35-23-26-38(31(5)28-35)41(39-20-14-18-34-17-10-11-19-37(34)39)29-32(8-2)16-12-13-27-40(6)36-24-21-30(4)22-25-36/h7-15,17-26,28,31-32,38H,1-3,16,27,29H2,4-6H3/b13-12-,33-15+. The summed E-state index contributed by atoms with van der Waals surface area (Å²) in [5, 5.41) is 2.54. The summed E-state index contributed by atoms with van der Waals surface area (Å²) in [6.45, 7) is 18.3. The van der Waals surface area contributed by atoms with Crippen LogP contribution in [0.15, 0.2) is 152 Å². The van der Waals surface area contributed by atoms with Crippen molar-refractivity contribution in [2.45, 2.75) is 26.3 Å². The normalized spacial score (nSPS) is 17.7. The van der Waals surface area contributed by atoms with Crippen LogP contribution in [-0.2, 0) is 0 Å². The van der Waals surface area contributed by atoms with Crippen molar-refractivity contribution in [1.82, 2.24) is 0 Å². The van der Waals surface area contributed by atoms with Crippen LogP contribution in [0.2, 0.25) is 0 Å². The van der Waals surface area contributed by atoms with E-state index in [1.54, 1.807) is 0 Å². The summed E-state index contributed by atoms with van der Waals surface area (Å²) < 4.78 is 0. The van der Waals surface area contributed by atoms with Gasteiger partial charge in [-0.05, 0) is 59.9 Å². The second-order valence-electron chi connectivity index (χ2n) is 11.0. The number of benzene rings is 3. The largest absolute Gasteiger partial charge is 0.371 e. The molecule has 41 heavy (non-hydrogen) atoms. The van der Waals surface area contributed by atoms with Gasteiger partial charge < -0.3 is 9.80 Å². The summed E-state index contributed by atoms with van der Waals surface area (Å²) >= 11 is 0. The highest BCUT2D eigenvalue weighted by atomic mass is 15.2. The summed E-state index contributed by atoms with van der Waals surface area (Å²) in [7, 11) is 2.14. The van der Waals surface area contributed by atoms with Crippen LogP contribution in [0.3, 0.4) is 0 Å². The van der Waals surface area contributed by atoms with Crippen molar-refractivity contribution in [3.63, 3.8) is 0 Å². The maximum absolute atomic E-state index is 4.24. The molecular weight excluding hydrogens is 496 g/mol. The third kappa shape index (κ3) is 7.46. The molecule has 0 radical (unpaired) electrons. The van der Waals surface area contributed by atoms with E-state index in [0.29, 0.717) is 11.8 Å². The Morgan fingerprint density at radius 3 is 2.41 bits per heavy atom. The molecule has 0 saturated heterocycles. The minimum absolute atomic E-state index is 0.221. The molecule has 0 aromatic heterocycles. The lowest BCUT2D eigenvalue weighted by Crippen LogP contribution is -2.42. The van der Waals surface area contributed by atoms with Crippen molar-refractivity contribution in [3.05, 3.63) is 158 Å². The third-order valence-corrected chi connectivity index (χ3v) is 7.96. The minimum Gasteiger partial charge on any atom is -0.371 e. The van der Waals surface area contributed by atoms with Gasteiger partial charge in [-0.3, -0.25) is 0 Å². The number of hydrogen-bond donors (Lipinski definition) is 0. The first kappa shape index (κ1) is 29.7. The molecule has 0 aliphatic heterocycles. The van der Waals surface area contributed by atoms with Crippen molar-refractivity contribution in [2.75, 3.05) is 29.9 Å². The smallest absolute Gasteiger partial charge is 0.0537 e. The Kier molecular flexibility index (Phi) is 10.4. The molecule has 0 amide bonds. The van der Waals surface area contributed by atoms with Gasteiger partial charge in [-0.15, -0.1) is 6.58 Å². The van der Waals surface area contributed by atoms with Crippen LogP contribution in [-0.4, -0.2) is 26.2 Å². The average molecular weight is 541 g/mol. The van der Waals surface area contributed by atoms with Crippen molar-refractivity contribution >= 4 is 22.1 Å². The van der Waals surface area contributed by atoms with Gasteiger partial charge in [-0.1, -0.05) is 129 Å². The summed E-state index contributed by atoms with van der Waals surface area (Å²) in [6, 6.07) is 24.2. The molecule has 0 spiro atoms. The highest BCUT2D eigenvalue weighted by Crippen LogP contribution is 2.34. The average Bonchev–Trinajstić information content (AvgIpc) is 3.00. The molecule has 3 aromatic carbocycles. The van der Waals surface area contributed by atoms with Crippen LogP contribution in [0.5, 0.6) is 0 Å². The molecular formula is C39H44N2. The molecule has 0 heterocycles. The fourth-order valence-electron chi connectivity index (χ4n) is 5.55.